The number of carbonyl (C=O) groups excluding carboxylic acids is 1. The van der Waals surface area contributed by atoms with Crippen molar-refractivity contribution in [3.05, 3.63) is 35.4 Å². The molecular weight excluding hydrogens is 322 g/mol. The highest BCUT2D eigenvalue weighted by atomic mass is 16.2. The van der Waals surface area contributed by atoms with Crippen LogP contribution in [0.15, 0.2) is 24.3 Å². The summed E-state index contributed by atoms with van der Waals surface area (Å²) in [6, 6.07) is 9.09. The van der Waals surface area contributed by atoms with E-state index < -0.39 is 0 Å². The SMILES string of the molecule is Cc1cccc(CN2CCN(C(=O)C3CC4CCCC(C3)C4N)CC2)c1. The predicted molar refractivity (Wildman–Crippen MR) is 105 cm³/mol. The van der Waals surface area contributed by atoms with Crippen LogP contribution < -0.4 is 5.73 Å². The minimum atomic E-state index is 0.230. The van der Waals surface area contributed by atoms with Gasteiger partial charge in [0.15, 0.2) is 0 Å². The summed E-state index contributed by atoms with van der Waals surface area (Å²) in [4.78, 5) is 17.7. The van der Waals surface area contributed by atoms with Crippen LogP contribution in [0.5, 0.6) is 0 Å². The Morgan fingerprint density at radius 2 is 1.81 bits per heavy atom. The summed E-state index contributed by atoms with van der Waals surface area (Å²) in [6.07, 6.45) is 5.82. The maximum Gasteiger partial charge on any atom is 0.225 e. The van der Waals surface area contributed by atoms with Gasteiger partial charge in [-0.05, 0) is 50.0 Å². The molecule has 26 heavy (non-hydrogen) atoms. The lowest BCUT2D eigenvalue weighted by Gasteiger charge is -2.45. The molecule has 1 aliphatic heterocycles. The normalized spacial score (nSPS) is 32.5. The zero-order valence-electron chi connectivity index (χ0n) is 16.1. The fraction of sp³-hybridized carbons (Fsp3) is 0.682. The van der Waals surface area contributed by atoms with Crippen molar-refractivity contribution in [2.45, 2.75) is 51.6 Å². The van der Waals surface area contributed by atoms with Crippen LogP contribution >= 0.6 is 0 Å². The second kappa shape index (κ2) is 7.69. The molecule has 3 aliphatic rings. The van der Waals surface area contributed by atoms with Crippen LogP contribution in [0.25, 0.3) is 0 Å². The van der Waals surface area contributed by atoms with E-state index in [1.54, 1.807) is 0 Å². The fourth-order valence-corrected chi connectivity index (χ4v) is 5.44. The van der Waals surface area contributed by atoms with Gasteiger partial charge in [-0.2, -0.15) is 0 Å². The third kappa shape index (κ3) is 3.81. The van der Waals surface area contributed by atoms with Crippen LogP contribution in [0.2, 0.25) is 0 Å². The molecule has 0 aromatic heterocycles. The molecule has 3 fully saturated rings. The Labute approximate surface area is 157 Å². The molecule has 2 aliphatic carbocycles. The Kier molecular flexibility index (Phi) is 5.32. The number of nitrogens with two attached hydrogens (primary N) is 1. The van der Waals surface area contributed by atoms with Gasteiger partial charge < -0.3 is 10.6 Å². The molecule has 4 rings (SSSR count). The molecule has 2 atom stereocenters. The van der Waals surface area contributed by atoms with Gasteiger partial charge in [-0.25, -0.2) is 0 Å². The van der Waals surface area contributed by atoms with Gasteiger partial charge in [0.25, 0.3) is 0 Å². The molecule has 1 amide bonds. The summed E-state index contributed by atoms with van der Waals surface area (Å²) in [5.41, 5.74) is 9.09. The standard InChI is InChI=1S/C22H33N3O/c1-16-4-2-5-17(12-16)15-24-8-10-25(11-9-24)22(26)20-13-18-6-3-7-19(14-20)21(18)23/h2,4-5,12,18-21H,3,6-11,13-15,23H2,1H3. The molecule has 2 unspecified atom stereocenters. The average Bonchev–Trinajstić information content (AvgIpc) is 2.62. The van der Waals surface area contributed by atoms with Crippen LogP contribution in [0.1, 0.15) is 43.2 Å². The quantitative estimate of drug-likeness (QED) is 0.907. The third-order valence-electron chi connectivity index (χ3n) is 6.93. The van der Waals surface area contributed by atoms with Gasteiger partial charge in [-0.15, -0.1) is 0 Å². The number of amides is 1. The van der Waals surface area contributed by atoms with Crippen LogP contribution in [0, 0.1) is 24.7 Å². The van der Waals surface area contributed by atoms with Gasteiger partial charge >= 0.3 is 0 Å². The van der Waals surface area contributed by atoms with E-state index in [1.165, 1.54) is 30.4 Å². The molecule has 4 heteroatoms. The second-order valence-electron chi connectivity index (χ2n) is 8.79. The molecule has 1 saturated heterocycles. The molecular formula is C22H33N3O. The predicted octanol–water partition coefficient (Wildman–Crippen LogP) is 2.79. The van der Waals surface area contributed by atoms with Gasteiger partial charge in [-0.3, -0.25) is 9.69 Å². The largest absolute Gasteiger partial charge is 0.340 e. The number of carbonyl (C=O) groups is 1. The maximum atomic E-state index is 13.1. The molecule has 2 N–H and O–H groups in total. The van der Waals surface area contributed by atoms with Crippen molar-refractivity contribution in [3.8, 4) is 0 Å². The fourth-order valence-electron chi connectivity index (χ4n) is 5.44. The van der Waals surface area contributed by atoms with Crippen molar-refractivity contribution < 1.29 is 4.79 Å². The Morgan fingerprint density at radius 3 is 2.46 bits per heavy atom. The molecule has 2 bridgehead atoms. The van der Waals surface area contributed by atoms with Crippen LogP contribution in [-0.2, 0) is 11.3 Å². The van der Waals surface area contributed by atoms with Gasteiger partial charge in [-0.1, -0.05) is 36.2 Å². The number of hydrogen-bond donors (Lipinski definition) is 1. The number of piperazine rings is 1. The Hall–Kier alpha value is -1.39. The van der Waals surface area contributed by atoms with Gasteiger partial charge in [0.05, 0.1) is 0 Å². The molecule has 1 aromatic carbocycles. The van der Waals surface area contributed by atoms with E-state index in [2.05, 4.69) is 41.0 Å². The number of rotatable bonds is 3. The maximum absolute atomic E-state index is 13.1. The Balaban J connectivity index is 1.30. The smallest absolute Gasteiger partial charge is 0.225 e. The summed E-state index contributed by atoms with van der Waals surface area (Å²) >= 11 is 0. The highest BCUT2D eigenvalue weighted by Crippen LogP contribution is 2.42. The van der Waals surface area contributed by atoms with Crippen molar-refractivity contribution in [1.29, 1.82) is 0 Å². The highest BCUT2D eigenvalue weighted by Gasteiger charge is 2.41. The molecule has 142 valence electrons. The summed E-state index contributed by atoms with van der Waals surface area (Å²) in [6.45, 7) is 6.86. The zero-order valence-corrected chi connectivity index (χ0v) is 16.1. The van der Waals surface area contributed by atoms with E-state index in [-0.39, 0.29) is 5.92 Å². The first kappa shape index (κ1) is 18.0. The van der Waals surface area contributed by atoms with Crippen molar-refractivity contribution in [1.82, 2.24) is 9.80 Å². The first-order valence-corrected chi connectivity index (χ1v) is 10.4. The lowest BCUT2D eigenvalue weighted by atomic mass is 9.65. The number of benzene rings is 1. The van der Waals surface area contributed by atoms with Crippen molar-refractivity contribution >= 4 is 5.91 Å². The lowest BCUT2D eigenvalue weighted by molar-refractivity contribution is -0.140. The van der Waals surface area contributed by atoms with Gasteiger partial charge in [0.2, 0.25) is 5.91 Å². The van der Waals surface area contributed by atoms with Crippen LogP contribution in [0.3, 0.4) is 0 Å². The molecule has 2 saturated carbocycles. The molecule has 1 aromatic rings. The van der Waals surface area contributed by atoms with Crippen molar-refractivity contribution in [3.63, 3.8) is 0 Å². The summed E-state index contributed by atoms with van der Waals surface area (Å²) in [7, 11) is 0. The lowest BCUT2D eigenvalue weighted by Crippen LogP contribution is -2.53. The summed E-state index contributed by atoms with van der Waals surface area (Å²) in [5, 5.41) is 0. The molecule has 0 spiro atoms. The first-order valence-electron chi connectivity index (χ1n) is 10.4. The van der Waals surface area contributed by atoms with E-state index in [9.17, 15) is 4.79 Å². The van der Waals surface area contributed by atoms with Crippen LogP contribution in [-0.4, -0.2) is 47.9 Å². The van der Waals surface area contributed by atoms with Crippen molar-refractivity contribution in [2.75, 3.05) is 26.2 Å². The minimum Gasteiger partial charge on any atom is -0.340 e. The Morgan fingerprint density at radius 1 is 1.12 bits per heavy atom. The topological polar surface area (TPSA) is 49.6 Å². The number of aryl methyl sites for hydroxylation is 1. The monoisotopic (exact) mass is 355 g/mol. The van der Waals surface area contributed by atoms with E-state index in [0.29, 0.717) is 23.8 Å². The van der Waals surface area contributed by atoms with E-state index >= 15 is 0 Å². The van der Waals surface area contributed by atoms with Gasteiger partial charge in [0.1, 0.15) is 0 Å². The number of hydrogen-bond acceptors (Lipinski definition) is 3. The van der Waals surface area contributed by atoms with E-state index in [0.717, 1.165) is 45.6 Å². The van der Waals surface area contributed by atoms with E-state index in [1.807, 2.05) is 0 Å². The van der Waals surface area contributed by atoms with Gasteiger partial charge in [0, 0.05) is 44.7 Å². The zero-order chi connectivity index (χ0) is 18.1. The summed E-state index contributed by atoms with van der Waals surface area (Å²) < 4.78 is 0. The molecule has 0 radical (unpaired) electrons. The summed E-state index contributed by atoms with van der Waals surface area (Å²) in [5.74, 6) is 1.80. The van der Waals surface area contributed by atoms with E-state index in [4.69, 9.17) is 5.73 Å². The number of nitrogens with zero attached hydrogens (tertiary/aromatic N) is 2. The molecule has 1 heterocycles. The van der Waals surface area contributed by atoms with Crippen LogP contribution in [0.4, 0.5) is 0 Å². The number of fused-ring (bicyclic) bond motifs is 2. The van der Waals surface area contributed by atoms with Crippen molar-refractivity contribution in [2.24, 2.45) is 23.5 Å². The second-order valence-corrected chi connectivity index (χ2v) is 8.79. The third-order valence-corrected chi connectivity index (χ3v) is 6.93. The highest BCUT2D eigenvalue weighted by molar-refractivity contribution is 5.79. The first-order chi connectivity index (χ1) is 12.6. The average molecular weight is 356 g/mol. The minimum absolute atomic E-state index is 0.230. The molecule has 4 nitrogen and oxygen atoms in total. The Bertz CT molecular complexity index is 624.